The highest BCUT2D eigenvalue weighted by Crippen LogP contribution is 2.40. The van der Waals surface area contributed by atoms with Crippen LogP contribution in [0.1, 0.15) is 58.3 Å². The Morgan fingerprint density at radius 1 is 1.20 bits per heavy atom. The summed E-state index contributed by atoms with van der Waals surface area (Å²) in [4.78, 5) is 18.8. The molecule has 0 bridgehead atoms. The van der Waals surface area contributed by atoms with E-state index in [1.54, 1.807) is 4.88 Å². The van der Waals surface area contributed by atoms with Crippen LogP contribution in [0.2, 0.25) is 0 Å². The van der Waals surface area contributed by atoms with Crippen molar-refractivity contribution in [1.82, 2.24) is 15.0 Å². The normalized spacial score (nSPS) is 22.2. The number of piperidine rings is 1. The highest BCUT2D eigenvalue weighted by molar-refractivity contribution is 7.10. The average Bonchev–Trinajstić information content (AvgIpc) is 3.20. The van der Waals surface area contributed by atoms with E-state index >= 15 is 0 Å². The zero-order chi connectivity index (χ0) is 16.8. The number of hydrogen-bond donors (Lipinski definition) is 0. The Morgan fingerprint density at radius 2 is 2.04 bits per heavy atom. The molecule has 0 spiro atoms. The molecule has 0 N–H and O–H groups in total. The molecule has 0 aromatic carbocycles. The van der Waals surface area contributed by atoms with Gasteiger partial charge >= 0.3 is 0 Å². The van der Waals surface area contributed by atoms with Crippen molar-refractivity contribution in [3.8, 4) is 0 Å². The Labute approximate surface area is 151 Å². The van der Waals surface area contributed by atoms with Gasteiger partial charge in [-0.15, -0.1) is 11.3 Å². The first-order valence-corrected chi connectivity index (χ1v) is 10.2. The van der Waals surface area contributed by atoms with Crippen LogP contribution < -0.4 is 0 Å². The van der Waals surface area contributed by atoms with E-state index in [9.17, 15) is 4.79 Å². The summed E-state index contributed by atoms with van der Waals surface area (Å²) in [6, 6.07) is 4.72. The molecule has 2 aromatic heterocycles. The van der Waals surface area contributed by atoms with Gasteiger partial charge in [0.25, 0.3) is 5.91 Å². The van der Waals surface area contributed by atoms with Crippen LogP contribution in [-0.2, 0) is 13.0 Å². The lowest BCUT2D eigenvalue weighted by atomic mass is 9.99. The van der Waals surface area contributed by atoms with Gasteiger partial charge in [0.05, 0.1) is 0 Å². The largest absolute Gasteiger partial charge is 0.360 e. The van der Waals surface area contributed by atoms with E-state index < -0.39 is 0 Å². The van der Waals surface area contributed by atoms with Crippen molar-refractivity contribution in [2.75, 3.05) is 19.6 Å². The molecule has 5 nitrogen and oxygen atoms in total. The first-order chi connectivity index (χ1) is 12.3. The molecule has 0 radical (unpaired) electrons. The van der Waals surface area contributed by atoms with Gasteiger partial charge in [0.1, 0.15) is 5.76 Å². The summed E-state index contributed by atoms with van der Waals surface area (Å²) in [6.07, 6.45) is 5.61. The quantitative estimate of drug-likeness (QED) is 0.846. The fraction of sp³-hybridized carbons (Fsp3) is 0.579. The minimum atomic E-state index is 0.0351. The number of likely N-dealkylation sites (tertiary alicyclic amines) is 1. The molecule has 6 heteroatoms. The van der Waals surface area contributed by atoms with E-state index in [4.69, 9.17) is 4.52 Å². The molecule has 5 rings (SSSR count). The van der Waals surface area contributed by atoms with E-state index in [-0.39, 0.29) is 5.91 Å². The second-order valence-electron chi connectivity index (χ2n) is 7.50. The molecule has 2 fully saturated rings. The third-order valence-electron chi connectivity index (χ3n) is 5.83. The summed E-state index contributed by atoms with van der Waals surface area (Å²) >= 11 is 1.89. The van der Waals surface area contributed by atoms with Gasteiger partial charge in [-0.25, -0.2) is 0 Å². The molecule has 1 aliphatic carbocycles. The third kappa shape index (κ3) is 3.02. The molecular formula is C19H23N3O2S. The van der Waals surface area contributed by atoms with Crippen molar-refractivity contribution in [3.05, 3.63) is 39.4 Å². The topological polar surface area (TPSA) is 49.6 Å². The fourth-order valence-corrected chi connectivity index (χ4v) is 5.02. The molecule has 4 heterocycles. The number of amides is 1. The summed E-state index contributed by atoms with van der Waals surface area (Å²) in [5.41, 5.74) is 1.99. The van der Waals surface area contributed by atoms with Crippen molar-refractivity contribution in [2.45, 2.75) is 50.6 Å². The van der Waals surface area contributed by atoms with Crippen LogP contribution in [0.3, 0.4) is 0 Å². The SMILES string of the molecule is O=C(c1cc(C2CC2)on1)N1CCC(N2CCc3sccc3C2)CC1. The number of nitrogens with zero attached hydrogens (tertiary/aromatic N) is 3. The monoisotopic (exact) mass is 357 g/mol. The predicted octanol–water partition coefficient (Wildman–Crippen LogP) is 3.28. The van der Waals surface area contributed by atoms with Crippen molar-refractivity contribution in [2.24, 2.45) is 0 Å². The maximum Gasteiger partial charge on any atom is 0.276 e. The number of rotatable bonds is 3. The molecule has 0 atom stereocenters. The second kappa shape index (κ2) is 6.25. The zero-order valence-corrected chi connectivity index (χ0v) is 15.1. The van der Waals surface area contributed by atoms with Gasteiger partial charge in [0.2, 0.25) is 0 Å². The van der Waals surface area contributed by atoms with Crippen LogP contribution in [0.15, 0.2) is 22.0 Å². The maximum absolute atomic E-state index is 12.7. The molecular weight excluding hydrogens is 334 g/mol. The summed E-state index contributed by atoms with van der Waals surface area (Å²) in [5, 5.41) is 6.22. The smallest absolute Gasteiger partial charge is 0.276 e. The van der Waals surface area contributed by atoms with Gasteiger partial charge in [-0.3, -0.25) is 9.69 Å². The van der Waals surface area contributed by atoms with Crippen LogP contribution in [0.25, 0.3) is 0 Å². The van der Waals surface area contributed by atoms with E-state index in [2.05, 4.69) is 21.5 Å². The molecule has 25 heavy (non-hydrogen) atoms. The van der Waals surface area contributed by atoms with Crippen LogP contribution in [0, 0.1) is 0 Å². The van der Waals surface area contributed by atoms with Crippen LogP contribution in [0.4, 0.5) is 0 Å². The van der Waals surface area contributed by atoms with E-state index in [0.717, 1.165) is 57.6 Å². The van der Waals surface area contributed by atoms with Crippen LogP contribution in [-0.4, -0.2) is 46.5 Å². The molecule has 2 aliphatic heterocycles. The number of carbonyl (C=O) groups excluding carboxylic acids is 1. The van der Waals surface area contributed by atoms with Gasteiger partial charge in [-0.1, -0.05) is 5.16 Å². The Hall–Kier alpha value is -1.66. The molecule has 1 amide bonds. The molecule has 0 unspecified atom stereocenters. The van der Waals surface area contributed by atoms with Crippen LogP contribution >= 0.6 is 11.3 Å². The van der Waals surface area contributed by atoms with Crippen molar-refractivity contribution in [3.63, 3.8) is 0 Å². The van der Waals surface area contributed by atoms with E-state index in [1.165, 1.54) is 12.0 Å². The Balaban J connectivity index is 1.19. The van der Waals surface area contributed by atoms with E-state index in [0.29, 0.717) is 17.7 Å². The second-order valence-corrected chi connectivity index (χ2v) is 8.50. The highest BCUT2D eigenvalue weighted by Gasteiger charge is 2.32. The summed E-state index contributed by atoms with van der Waals surface area (Å²) in [5.74, 6) is 1.42. The fourth-order valence-electron chi connectivity index (χ4n) is 4.13. The number of thiophene rings is 1. The minimum Gasteiger partial charge on any atom is -0.360 e. The van der Waals surface area contributed by atoms with Crippen molar-refractivity contribution in [1.29, 1.82) is 0 Å². The average molecular weight is 357 g/mol. The Kier molecular flexibility index (Phi) is 3.90. The molecule has 3 aliphatic rings. The Morgan fingerprint density at radius 3 is 2.84 bits per heavy atom. The number of aromatic nitrogens is 1. The zero-order valence-electron chi connectivity index (χ0n) is 14.3. The number of hydrogen-bond acceptors (Lipinski definition) is 5. The third-order valence-corrected chi connectivity index (χ3v) is 6.86. The molecule has 1 saturated heterocycles. The van der Waals surface area contributed by atoms with E-state index in [1.807, 2.05) is 22.3 Å². The van der Waals surface area contributed by atoms with Gasteiger partial charge in [-0.2, -0.15) is 0 Å². The van der Waals surface area contributed by atoms with Crippen molar-refractivity contribution < 1.29 is 9.32 Å². The van der Waals surface area contributed by atoms with Crippen LogP contribution in [0.5, 0.6) is 0 Å². The number of fused-ring (bicyclic) bond motifs is 1. The number of carbonyl (C=O) groups is 1. The first-order valence-electron chi connectivity index (χ1n) is 9.33. The maximum atomic E-state index is 12.7. The lowest BCUT2D eigenvalue weighted by Gasteiger charge is -2.40. The van der Waals surface area contributed by atoms with Gasteiger partial charge < -0.3 is 9.42 Å². The molecule has 2 aromatic rings. The minimum absolute atomic E-state index is 0.0351. The predicted molar refractivity (Wildman–Crippen MR) is 95.8 cm³/mol. The molecule has 132 valence electrons. The first kappa shape index (κ1) is 15.6. The highest BCUT2D eigenvalue weighted by atomic mass is 32.1. The lowest BCUT2D eigenvalue weighted by molar-refractivity contribution is 0.0591. The standard InChI is InChI=1S/C19H23N3O2S/c23-19(16-11-17(24-20-16)13-1-2-13)21-7-3-15(4-8-21)22-9-5-18-14(12-22)6-10-25-18/h6,10-11,13,15H,1-5,7-9,12H2. The summed E-state index contributed by atoms with van der Waals surface area (Å²) < 4.78 is 5.34. The summed E-state index contributed by atoms with van der Waals surface area (Å²) in [6.45, 7) is 3.87. The van der Waals surface area contributed by atoms with Gasteiger partial charge in [0, 0.05) is 49.1 Å². The van der Waals surface area contributed by atoms with Gasteiger partial charge in [0.15, 0.2) is 5.69 Å². The summed E-state index contributed by atoms with van der Waals surface area (Å²) in [7, 11) is 0. The molecule has 1 saturated carbocycles. The van der Waals surface area contributed by atoms with Crippen molar-refractivity contribution >= 4 is 17.2 Å². The lowest BCUT2D eigenvalue weighted by Crippen LogP contribution is -2.48. The van der Waals surface area contributed by atoms with Gasteiger partial charge in [-0.05, 0) is 49.1 Å². The Bertz CT molecular complexity index is 771.